The van der Waals surface area contributed by atoms with Gasteiger partial charge in [0.25, 0.3) is 0 Å². The summed E-state index contributed by atoms with van der Waals surface area (Å²) in [4.78, 5) is 12.9. The van der Waals surface area contributed by atoms with E-state index in [1.165, 1.54) is 40.7 Å². The topological polar surface area (TPSA) is 29.1 Å². The Hall–Kier alpha value is -2.87. The van der Waals surface area contributed by atoms with Gasteiger partial charge in [0.1, 0.15) is 0 Å². The second-order valence-corrected chi connectivity index (χ2v) is 7.75. The Balaban J connectivity index is 1.48. The van der Waals surface area contributed by atoms with Crippen LogP contribution in [-0.4, -0.2) is 5.91 Å². The van der Waals surface area contributed by atoms with E-state index in [-0.39, 0.29) is 17.9 Å². The van der Waals surface area contributed by atoms with Gasteiger partial charge >= 0.3 is 0 Å². The molecule has 1 atom stereocenters. The maximum Gasteiger partial charge on any atom is 0.221 e. The van der Waals surface area contributed by atoms with E-state index >= 15 is 0 Å². The molecule has 0 saturated carbocycles. The van der Waals surface area contributed by atoms with Crippen molar-refractivity contribution < 1.29 is 4.79 Å². The van der Waals surface area contributed by atoms with Crippen molar-refractivity contribution in [1.82, 2.24) is 5.32 Å². The van der Waals surface area contributed by atoms with Crippen LogP contribution in [0.2, 0.25) is 0 Å². The zero-order chi connectivity index (χ0) is 19.3. The molecule has 3 aromatic rings. The van der Waals surface area contributed by atoms with Gasteiger partial charge < -0.3 is 5.32 Å². The van der Waals surface area contributed by atoms with Crippen molar-refractivity contribution in [1.29, 1.82) is 0 Å². The highest BCUT2D eigenvalue weighted by Crippen LogP contribution is 2.29. The van der Waals surface area contributed by atoms with Crippen LogP contribution >= 0.6 is 0 Å². The Kier molecular flexibility index (Phi) is 5.57. The zero-order valence-corrected chi connectivity index (χ0v) is 16.4. The van der Waals surface area contributed by atoms with Crippen LogP contribution < -0.4 is 5.32 Å². The number of aryl methyl sites for hydroxylation is 2. The Morgan fingerprint density at radius 2 is 1.43 bits per heavy atom. The minimum Gasteiger partial charge on any atom is -0.350 e. The third-order valence-electron chi connectivity index (χ3n) is 5.79. The Morgan fingerprint density at radius 3 is 2.07 bits per heavy atom. The molecular weight excluding hydrogens is 342 g/mol. The van der Waals surface area contributed by atoms with E-state index in [0.29, 0.717) is 6.42 Å². The molecular formula is C26H27NO. The Bertz CT molecular complexity index is 894. The largest absolute Gasteiger partial charge is 0.350 e. The van der Waals surface area contributed by atoms with E-state index in [4.69, 9.17) is 0 Å². The van der Waals surface area contributed by atoms with Crippen molar-refractivity contribution in [2.75, 3.05) is 0 Å². The summed E-state index contributed by atoms with van der Waals surface area (Å²) in [7, 11) is 0. The molecule has 0 heterocycles. The van der Waals surface area contributed by atoms with Gasteiger partial charge in [-0.15, -0.1) is 0 Å². The lowest BCUT2D eigenvalue weighted by atomic mass is 9.88. The van der Waals surface area contributed by atoms with E-state index in [9.17, 15) is 4.79 Å². The molecule has 0 fully saturated rings. The van der Waals surface area contributed by atoms with Crippen LogP contribution in [-0.2, 0) is 17.6 Å². The molecule has 0 aromatic heterocycles. The molecule has 2 nitrogen and oxygen atoms in total. The normalized spacial score (nSPS) is 13.9. The molecule has 4 rings (SSSR count). The first-order chi connectivity index (χ1) is 13.7. The standard InChI is InChI=1S/C26H27NO/c1-19(23-16-15-20-13-8-14-24(20)17-23)27-26(28)18-25(21-9-4-2-5-10-21)22-11-6-3-7-12-22/h2-7,9-12,15-17,19,25H,8,13-14,18H2,1H3,(H,27,28). The maximum atomic E-state index is 12.9. The number of amides is 1. The second-order valence-electron chi connectivity index (χ2n) is 7.75. The van der Waals surface area contributed by atoms with Crippen molar-refractivity contribution in [3.63, 3.8) is 0 Å². The summed E-state index contributed by atoms with van der Waals surface area (Å²) in [5, 5.41) is 3.22. The highest BCUT2D eigenvalue weighted by Gasteiger charge is 2.20. The summed E-state index contributed by atoms with van der Waals surface area (Å²) in [6.07, 6.45) is 4.04. The molecule has 1 aliphatic rings. The molecule has 0 radical (unpaired) electrons. The van der Waals surface area contributed by atoms with Crippen LogP contribution in [0.15, 0.2) is 78.9 Å². The average Bonchev–Trinajstić information content (AvgIpc) is 3.21. The molecule has 0 spiro atoms. The number of nitrogens with one attached hydrogen (secondary N) is 1. The van der Waals surface area contributed by atoms with Crippen molar-refractivity contribution in [2.45, 2.75) is 44.6 Å². The zero-order valence-electron chi connectivity index (χ0n) is 16.4. The predicted molar refractivity (Wildman–Crippen MR) is 114 cm³/mol. The Morgan fingerprint density at radius 1 is 0.821 bits per heavy atom. The smallest absolute Gasteiger partial charge is 0.221 e. The first kappa shape index (κ1) is 18.5. The van der Waals surface area contributed by atoms with Crippen molar-refractivity contribution in [3.8, 4) is 0 Å². The number of hydrogen-bond acceptors (Lipinski definition) is 1. The number of rotatable bonds is 6. The molecule has 0 bridgehead atoms. The number of hydrogen-bond donors (Lipinski definition) is 1. The highest BCUT2D eigenvalue weighted by atomic mass is 16.1. The molecule has 0 saturated heterocycles. The SMILES string of the molecule is CC(NC(=O)CC(c1ccccc1)c1ccccc1)c1ccc2c(c1)CCC2. The van der Waals surface area contributed by atoms with Gasteiger partial charge in [0.15, 0.2) is 0 Å². The summed E-state index contributed by atoms with van der Waals surface area (Å²) < 4.78 is 0. The van der Waals surface area contributed by atoms with Crippen LogP contribution in [0.25, 0.3) is 0 Å². The lowest BCUT2D eigenvalue weighted by molar-refractivity contribution is -0.121. The summed E-state index contributed by atoms with van der Waals surface area (Å²) in [5.41, 5.74) is 6.47. The third kappa shape index (κ3) is 4.17. The molecule has 1 amide bonds. The van der Waals surface area contributed by atoms with Crippen LogP contribution in [0.4, 0.5) is 0 Å². The minimum absolute atomic E-state index is 0.0191. The first-order valence-electron chi connectivity index (χ1n) is 10.2. The fourth-order valence-electron chi connectivity index (χ4n) is 4.23. The summed E-state index contributed by atoms with van der Waals surface area (Å²) >= 11 is 0. The van der Waals surface area contributed by atoms with Gasteiger partial charge in [0.05, 0.1) is 6.04 Å². The molecule has 142 valence electrons. The van der Waals surface area contributed by atoms with Gasteiger partial charge in [0.2, 0.25) is 5.91 Å². The predicted octanol–water partition coefficient (Wildman–Crippen LogP) is 5.57. The van der Waals surface area contributed by atoms with E-state index in [1.807, 2.05) is 36.4 Å². The highest BCUT2D eigenvalue weighted by molar-refractivity contribution is 5.78. The minimum atomic E-state index is 0.0191. The van der Waals surface area contributed by atoms with Crippen LogP contribution in [0.3, 0.4) is 0 Å². The third-order valence-corrected chi connectivity index (χ3v) is 5.79. The number of carbonyl (C=O) groups is 1. The average molecular weight is 370 g/mol. The summed E-state index contributed by atoms with van der Waals surface area (Å²) in [6, 6.07) is 27.3. The fourth-order valence-corrected chi connectivity index (χ4v) is 4.23. The van der Waals surface area contributed by atoms with E-state index in [1.54, 1.807) is 0 Å². The van der Waals surface area contributed by atoms with E-state index in [0.717, 1.165) is 6.42 Å². The van der Waals surface area contributed by atoms with E-state index in [2.05, 4.69) is 54.7 Å². The first-order valence-corrected chi connectivity index (χ1v) is 10.2. The number of carbonyl (C=O) groups excluding carboxylic acids is 1. The van der Waals surface area contributed by atoms with Gasteiger partial charge in [-0.1, -0.05) is 78.9 Å². The fraction of sp³-hybridized carbons (Fsp3) is 0.269. The Labute approximate surface area is 167 Å². The van der Waals surface area contributed by atoms with Gasteiger partial charge in [0, 0.05) is 12.3 Å². The lowest BCUT2D eigenvalue weighted by Crippen LogP contribution is -2.28. The summed E-state index contributed by atoms with van der Waals surface area (Å²) in [5.74, 6) is 0.153. The van der Waals surface area contributed by atoms with Crippen molar-refractivity contribution >= 4 is 5.91 Å². The quantitative estimate of drug-likeness (QED) is 0.604. The van der Waals surface area contributed by atoms with E-state index < -0.39 is 0 Å². The lowest BCUT2D eigenvalue weighted by Gasteiger charge is -2.20. The molecule has 1 unspecified atom stereocenters. The molecule has 1 N–H and O–H groups in total. The van der Waals surface area contributed by atoms with Crippen LogP contribution in [0, 0.1) is 0 Å². The number of benzene rings is 3. The maximum absolute atomic E-state index is 12.9. The molecule has 0 aliphatic heterocycles. The summed E-state index contributed by atoms with van der Waals surface area (Å²) in [6.45, 7) is 2.08. The second kappa shape index (κ2) is 8.43. The van der Waals surface area contributed by atoms with Crippen molar-refractivity contribution in [3.05, 3.63) is 107 Å². The monoisotopic (exact) mass is 369 g/mol. The van der Waals surface area contributed by atoms with Crippen molar-refractivity contribution in [2.24, 2.45) is 0 Å². The van der Waals surface area contributed by atoms with Gasteiger partial charge in [-0.3, -0.25) is 4.79 Å². The van der Waals surface area contributed by atoms with Crippen LogP contribution in [0.1, 0.15) is 59.5 Å². The van der Waals surface area contributed by atoms with Gasteiger partial charge in [-0.25, -0.2) is 0 Å². The molecule has 1 aliphatic carbocycles. The van der Waals surface area contributed by atoms with Gasteiger partial charge in [-0.2, -0.15) is 0 Å². The molecule has 3 aromatic carbocycles. The number of fused-ring (bicyclic) bond motifs is 1. The van der Waals surface area contributed by atoms with Gasteiger partial charge in [-0.05, 0) is 54.0 Å². The molecule has 28 heavy (non-hydrogen) atoms. The van der Waals surface area contributed by atoms with Crippen LogP contribution in [0.5, 0.6) is 0 Å². The molecule has 2 heteroatoms.